The molecule has 0 unspecified atom stereocenters. The molecule has 2 rings (SSSR count). The summed E-state index contributed by atoms with van der Waals surface area (Å²) in [6.07, 6.45) is 1.56. The van der Waals surface area contributed by atoms with Gasteiger partial charge in [0.25, 0.3) is 0 Å². The normalized spacial score (nSPS) is 11.2. The minimum Gasteiger partial charge on any atom is -0.380 e. The Balaban J connectivity index is 2.29. The molecule has 1 aromatic heterocycles. The molecule has 86 valence electrons. The third-order valence-electron chi connectivity index (χ3n) is 2.34. The van der Waals surface area contributed by atoms with Gasteiger partial charge in [-0.2, -0.15) is 0 Å². The molecule has 5 heteroatoms. The van der Waals surface area contributed by atoms with Crippen LogP contribution in [0.4, 0.5) is 8.78 Å². The fraction of sp³-hybridized carbons (Fsp3) is 0.364. The van der Waals surface area contributed by atoms with Crippen LogP contribution in [0.15, 0.2) is 18.5 Å². The lowest BCUT2D eigenvalue weighted by atomic mass is 10.3. The van der Waals surface area contributed by atoms with Crippen LogP contribution >= 0.6 is 0 Å². The number of imidazole rings is 1. The molecule has 0 N–H and O–H groups in total. The molecule has 2 aromatic rings. The zero-order valence-electron chi connectivity index (χ0n) is 8.91. The molecule has 0 fully saturated rings. The molecule has 0 spiro atoms. The Morgan fingerprint density at radius 2 is 2.06 bits per heavy atom. The summed E-state index contributed by atoms with van der Waals surface area (Å²) in [5, 5.41) is 0. The van der Waals surface area contributed by atoms with E-state index in [2.05, 4.69) is 4.98 Å². The van der Waals surface area contributed by atoms with Crippen LogP contribution in [0.2, 0.25) is 0 Å². The van der Waals surface area contributed by atoms with Crippen molar-refractivity contribution in [1.82, 2.24) is 9.55 Å². The van der Waals surface area contributed by atoms with Crippen molar-refractivity contribution < 1.29 is 13.5 Å². The van der Waals surface area contributed by atoms with Crippen LogP contribution < -0.4 is 0 Å². The van der Waals surface area contributed by atoms with Crippen molar-refractivity contribution in [2.75, 3.05) is 13.2 Å². The predicted molar refractivity (Wildman–Crippen MR) is 56.1 cm³/mol. The van der Waals surface area contributed by atoms with E-state index in [-0.39, 0.29) is 0 Å². The van der Waals surface area contributed by atoms with Crippen LogP contribution in [0.25, 0.3) is 11.0 Å². The predicted octanol–water partition coefficient (Wildman–Crippen LogP) is 2.35. The van der Waals surface area contributed by atoms with E-state index in [4.69, 9.17) is 4.74 Å². The van der Waals surface area contributed by atoms with Gasteiger partial charge < -0.3 is 9.30 Å². The smallest absolute Gasteiger partial charge is 0.161 e. The van der Waals surface area contributed by atoms with Crippen LogP contribution in [0, 0.1) is 11.6 Å². The highest BCUT2D eigenvalue weighted by molar-refractivity contribution is 5.75. The van der Waals surface area contributed by atoms with E-state index in [1.165, 1.54) is 0 Å². The highest BCUT2D eigenvalue weighted by Crippen LogP contribution is 2.17. The highest BCUT2D eigenvalue weighted by Gasteiger charge is 2.08. The Morgan fingerprint density at radius 3 is 2.81 bits per heavy atom. The minimum atomic E-state index is -0.873. The molecule has 1 aromatic carbocycles. The van der Waals surface area contributed by atoms with Crippen LogP contribution in [0.3, 0.4) is 0 Å². The summed E-state index contributed by atoms with van der Waals surface area (Å²) in [6, 6.07) is 2.26. The summed E-state index contributed by atoms with van der Waals surface area (Å²) in [5.74, 6) is -1.73. The van der Waals surface area contributed by atoms with Gasteiger partial charge in [0.05, 0.1) is 24.0 Å². The summed E-state index contributed by atoms with van der Waals surface area (Å²) in [6.45, 7) is 3.65. The molecule has 0 aliphatic heterocycles. The van der Waals surface area contributed by atoms with E-state index >= 15 is 0 Å². The van der Waals surface area contributed by atoms with Gasteiger partial charge in [0.2, 0.25) is 0 Å². The van der Waals surface area contributed by atoms with E-state index in [1.807, 2.05) is 6.92 Å². The van der Waals surface area contributed by atoms with Gasteiger partial charge in [-0.1, -0.05) is 0 Å². The third kappa shape index (κ3) is 2.04. The number of benzene rings is 1. The average Bonchev–Trinajstić information content (AvgIpc) is 2.63. The largest absolute Gasteiger partial charge is 0.380 e. The molecule has 0 aliphatic carbocycles. The van der Waals surface area contributed by atoms with Gasteiger partial charge in [-0.3, -0.25) is 0 Å². The summed E-state index contributed by atoms with van der Waals surface area (Å²) < 4.78 is 32.9. The second-order valence-corrected chi connectivity index (χ2v) is 3.39. The van der Waals surface area contributed by atoms with Gasteiger partial charge in [0, 0.05) is 25.3 Å². The van der Waals surface area contributed by atoms with Crippen molar-refractivity contribution in [3.8, 4) is 0 Å². The van der Waals surface area contributed by atoms with E-state index < -0.39 is 11.6 Å². The van der Waals surface area contributed by atoms with Crippen molar-refractivity contribution in [2.24, 2.45) is 0 Å². The molecule has 0 atom stereocenters. The fourth-order valence-electron chi connectivity index (χ4n) is 1.54. The molecule has 0 saturated heterocycles. The number of rotatable bonds is 4. The maximum atomic E-state index is 13.0. The Labute approximate surface area is 91.7 Å². The SMILES string of the molecule is CCOCCn1cnc2cc(F)c(F)cc21. The molecule has 0 saturated carbocycles. The maximum Gasteiger partial charge on any atom is 0.161 e. The summed E-state index contributed by atoms with van der Waals surface area (Å²) in [4.78, 5) is 4.00. The van der Waals surface area contributed by atoms with E-state index in [1.54, 1.807) is 10.9 Å². The van der Waals surface area contributed by atoms with Crippen LogP contribution in [-0.2, 0) is 11.3 Å². The van der Waals surface area contributed by atoms with Gasteiger partial charge in [0.1, 0.15) is 0 Å². The van der Waals surface area contributed by atoms with Crippen molar-refractivity contribution in [2.45, 2.75) is 13.5 Å². The zero-order chi connectivity index (χ0) is 11.5. The van der Waals surface area contributed by atoms with Crippen LogP contribution in [0.1, 0.15) is 6.92 Å². The Morgan fingerprint density at radius 1 is 1.31 bits per heavy atom. The number of ether oxygens (including phenoxy) is 1. The summed E-state index contributed by atoms with van der Waals surface area (Å²) in [5.41, 5.74) is 1.04. The maximum absolute atomic E-state index is 13.0. The quantitative estimate of drug-likeness (QED) is 0.748. The first-order valence-corrected chi connectivity index (χ1v) is 5.10. The second kappa shape index (κ2) is 4.57. The summed E-state index contributed by atoms with van der Waals surface area (Å²) >= 11 is 0. The number of fused-ring (bicyclic) bond motifs is 1. The molecule has 0 amide bonds. The van der Waals surface area contributed by atoms with Crippen molar-refractivity contribution in [3.63, 3.8) is 0 Å². The van der Waals surface area contributed by atoms with Gasteiger partial charge >= 0.3 is 0 Å². The van der Waals surface area contributed by atoms with E-state index in [0.29, 0.717) is 30.8 Å². The Kier molecular flexibility index (Phi) is 3.14. The Hall–Kier alpha value is -1.49. The molecule has 0 bridgehead atoms. The first kappa shape index (κ1) is 11.0. The number of aromatic nitrogens is 2. The first-order valence-electron chi connectivity index (χ1n) is 5.10. The van der Waals surface area contributed by atoms with Gasteiger partial charge in [0.15, 0.2) is 11.6 Å². The molecular formula is C11H12F2N2O. The zero-order valence-corrected chi connectivity index (χ0v) is 8.91. The molecular weight excluding hydrogens is 214 g/mol. The van der Waals surface area contributed by atoms with Crippen LogP contribution in [0.5, 0.6) is 0 Å². The average molecular weight is 226 g/mol. The summed E-state index contributed by atoms with van der Waals surface area (Å²) in [7, 11) is 0. The third-order valence-corrected chi connectivity index (χ3v) is 2.34. The monoisotopic (exact) mass is 226 g/mol. The molecule has 16 heavy (non-hydrogen) atoms. The lowest BCUT2D eigenvalue weighted by molar-refractivity contribution is 0.140. The molecule has 1 heterocycles. The standard InChI is InChI=1S/C11H12F2N2O/c1-2-16-4-3-15-7-14-10-5-8(12)9(13)6-11(10)15/h5-7H,2-4H2,1H3. The highest BCUT2D eigenvalue weighted by atomic mass is 19.2. The van der Waals surface area contributed by atoms with Gasteiger partial charge in [-0.15, -0.1) is 0 Å². The first-order chi connectivity index (χ1) is 7.72. The molecule has 0 radical (unpaired) electrons. The van der Waals surface area contributed by atoms with Crippen molar-refractivity contribution >= 4 is 11.0 Å². The number of hydrogen-bond donors (Lipinski definition) is 0. The second-order valence-electron chi connectivity index (χ2n) is 3.39. The van der Waals surface area contributed by atoms with Crippen molar-refractivity contribution in [3.05, 3.63) is 30.1 Å². The van der Waals surface area contributed by atoms with Crippen molar-refractivity contribution in [1.29, 1.82) is 0 Å². The molecule has 0 aliphatic rings. The number of hydrogen-bond acceptors (Lipinski definition) is 2. The van der Waals surface area contributed by atoms with E-state index in [0.717, 1.165) is 12.1 Å². The van der Waals surface area contributed by atoms with E-state index in [9.17, 15) is 8.78 Å². The van der Waals surface area contributed by atoms with Gasteiger partial charge in [-0.05, 0) is 6.92 Å². The fourth-order valence-corrected chi connectivity index (χ4v) is 1.54. The number of nitrogens with zero attached hydrogens (tertiary/aromatic N) is 2. The van der Waals surface area contributed by atoms with Gasteiger partial charge in [-0.25, -0.2) is 13.8 Å². The molecule has 3 nitrogen and oxygen atoms in total. The lowest BCUT2D eigenvalue weighted by Gasteiger charge is -2.04. The lowest BCUT2D eigenvalue weighted by Crippen LogP contribution is -2.04. The number of halogens is 2. The minimum absolute atomic E-state index is 0.454. The topological polar surface area (TPSA) is 27.1 Å². The van der Waals surface area contributed by atoms with Crippen LogP contribution in [-0.4, -0.2) is 22.8 Å². The Bertz CT molecular complexity index is 496.